The number of nitrogens with one attached hydrogen (secondary N) is 1. The SMILES string of the molecule is O=C(O)C1CCCC1C(=O)Nc1c(F)cccc1Cl. The van der Waals surface area contributed by atoms with Crippen molar-refractivity contribution in [1.82, 2.24) is 0 Å². The van der Waals surface area contributed by atoms with E-state index in [1.54, 1.807) is 0 Å². The summed E-state index contributed by atoms with van der Waals surface area (Å²) in [5.74, 6) is -3.45. The highest BCUT2D eigenvalue weighted by Gasteiger charge is 2.38. The molecular weight excluding hydrogens is 273 g/mol. The zero-order chi connectivity index (χ0) is 14.0. The van der Waals surface area contributed by atoms with Crippen molar-refractivity contribution in [3.63, 3.8) is 0 Å². The molecule has 2 unspecified atom stereocenters. The van der Waals surface area contributed by atoms with Crippen LogP contribution in [0.15, 0.2) is 18.2 Å². The van der Waals surface area contributed by atoms with Crippen LogP contribution in [0.5, 0.6) is 0 Å². The molecule has 1 aromatic rings. The highest BCUT2D eigenvalue weighted by Crippen LogP contribution is 2.34. The van der Waals surface area contributed by atoms with Crippen LogP contribution in [0.25, 0.3) is 0 Å². The van der Waals surface area contributed by atoms with Crippen molar-refractivity contribution < 1.29 is 19.1 Å². The maximum absolute atomic E-state index is 13.5. The Morgan fingerprint density at radius 1 is 1.32 bits per heavy atom. The zero-order valence-electron chi connectivity index (χ0n) is 10.0. The van der Waals surface area contributed by atoms with Crippen LogP contribution in [0, 0.1) is 17.7 Å². The minimum absolute atomic E-state index is 0.0924. The third kappa shape index (κ3) is 2.87. The molecule has 2 N–H and O–H groups in total. The van der Waals surface area contributed by atoms with E-state index in [4.69, 9.17) is 16.7 Å². The van der Waals surface area contributed by atoms with Gasteiger partial charge in [0.1, 0.15) is 5.82 Å². The Morgan fingerprint density at radius 3 is 2.63 bits per heavy atom. The number of benzene rings is 1. The Kier molecular flexibility index (Phi) is 4.04. The highest BCUT2D eigenvalue weighted by molar-refractivity contribution is 6.33. The molecule has 4 nitrogen and oxygen atoms in total. The van der Waals surface area contributed by atoms with E-state index in [0.29, 0.717) is 19.3 Å². The van der Waals surface area contributed by atoms with Crippen LogP contribution in [0.4, 0.5) is 10.1 Å². The van der Waals surface area contributed by atoms with Crippen LogP contribution >= 0.6 is 11.6 Å². The number of hydrogen-bond acceptors (Lipinski definition) is 2. The molecule has 0 spiro atoms. The summed E-state index contributed by atoms with van der Waals surface area (Å²) in [7, 11) is 0. The molecule has 0 radical (unpaired) electrons. The number of carboxylic acids is 1. The van der Waals surface area contributed by atoms with E-state index < -0.39 is 29.5 Å². The number of rotatable bonds is 3. The van der Waals surface area contributed by atoms with Gasteiger partial charge in [-0.15, -0.1) is 0 Å². The van der Waals surface area contributed by atoms with Gasteiger partial charge in [-0.3, -0.25) is 9.59 Å². The molecule has 2 atom stereocenters. The normalized spacial score (nSPS) is 22.2. The summed E-state index contributed by atoms with van der Waals surface area (Å²) in [6, 6.07) is 4.08. The van der Waals surface area contributed by atoms with Gasteiger partial charge in [0, 0.05) is 0 Å². The first-order valence-corrected chi connectivity index (χ1v) is 6.36. The summed E-state index contributed by atoms with van der Waals surface area (Å²) >= 11 is 5.81. The van der Waals surface area contributed by atoms with Gasteiger partial charge in [-0.25, -0.2) is 4.39 Å². The molecule has 1 fully saturated rings. The van der Waals surface area contributed by atoms with Crippen LogP contribution in [0.3, 0.4) is 0 Å². The molecular formula is C13H13ClFNO3. The first kappa shape index (κ1) is 13.8. The number of para-hydroxylation sites is 1. The fraction of sp³-hybridized carbons (Fsp3) is 0.385. The van der Waals surface area contributed by atoms with Gasteiger partial charge in [0.2, 0.25) is 5.91 Å². The van der Waals surface area contributed by atoms with Gasteiger partial charge in [0.25, 0.3) is 0 Å². The third-order valence-corrected chi connectivity index (χ3v) is 3.70. The Bertz CT molecular complexity index is 500. The van der Waals surface area contributed by atoms with E-state index in [-0.39, 0.29) is 10.7 Å². The molecule has 19 heavy (non-hydrogen) atoms. The summed E-state index contributed by atoms with van der Waals surface area (Å²) in [4.78, 5) is 23.1. The maximum Gasteiger partial charge on any atom is 0.307 e. The van der Waals surface area contributed by atoms with E-state index in [0.717, 1.165) is 0 Å². The average molecular weight is 286 g/mol. The van der Waals surface area contributed by atoms with Crippen molar-refractivity contribution in [1.29, 1.82) is 0 Å². The lowest BCUT2D eigenvalue weighted by Gasteiger charge is -2.16. The third-order valence-electron chi connectivity index (χ3n) is 3.38. The molecule has 0 saturated heterocycles. The summed E-state index contributed by atoms with van der Waals surface area (Å²) < 4.78 is 13.5. The summed E-state index contributed by atoms with van der Waals surface area (Å²) in [5, 5.41) is 11.5. The second-order valence-corrected chi connectivity index (χ2v) is 4.98. The Labute approximate surface area is 114 Å². The lowest BCUT2D eigenvalue weighted by molar-refractivity contribution is -0.145. The van der Waals surface area contributed by atoms with Crippen molar-refractivity contribution in [3.05, 3.63) is 29.0 Å². The van der Waals surface area contributed by atoms with Crippen LogP contribution in [0.1, 0.15) is 19.3 Å². The van der Waals surface area contributed by atoms with E-state index >= 15 is 0 Å². The Hall–Kier alpha value is -1.62. The number of amides is 1. The summed E-state index contributed by atoms with van der Waals surface area (Å²) in [6.45, 7) is 0. The summed E-state index contributed by atoms with van der Waals surface area (Å²) in [6.07, 6.45) is 1.65. The van der Waals surface area contributed by atoms with Crippen LogP contribution in [-0.2, 0) is 9.59 Å². The number of carboxylic acid groups (broad SMARTS) is 1. The highest BCUT2D eigenvalue weighted by atomic mass is 35.5. The maximum atomic E-state index is 13.5. The topological polar surface area (TPSA) is 66.4 Å². The average Bonchev–Trinajstić information content (AvgIpc) is 2.83. The van der Waals surface area contributed by atoms with E-state index in [2.05, 4.69) is 5.32 Å². The molecule has 1 amide bonds. The minimum Gasteiger partial charge on any atom is -0.481 e. The lowest BCUT2D eigenvalue weighted by atomic mass is 9.95. The number of hydrogen-bond donors (Lipinski definition) is 2. The number of carbonyl (C=O) groups is 2. The quantitative estimate of drug-likeness (QED) is 0.897. The number of aliphatic carboxylic acids is 1. The van der Waals surface area contributed by atoms with E-state index in [9.17, 15) is 14.0 Å². The Morgan fingerprint density at radius 2 is 2.00 bits per heavy atom. The van der Waals surface area contributed by atoms with Gasteiger partial charge in [-0.2, -0.15) is 0 Å². The van der Waals surface area contributed by atoms with E-state index in [1.807, 2.05) is 0 Å². The van der Waals surface area contributed by atoms with Crippen LogP contribution in [-0.4, -0.2) is 17.0 Å². The van der Waals surface area contributed by atoms with Crippen molar-refractivity contribution in [2.45, 2.75) is 19.3 Å². The fourth-order valence-electron chi connectivity index (χ4n) is 2.40. The van der Waals surface area contributed by atoms with Crippen molar-refractivity contribution >= 4 is 29.2 Å². The van der Waals surface area contributed by atoms with Gasteiger partial charge < -0.3 is 10.4 Å². The first-order valence-electron chi connectivity index (χ1n) is 5.98. The second kappa shape index (κ2) is 5.57. The summed E-state index contributed by atoms with van der Waals surface area (Å²) in [5.41, 5.74) is -0.0924. The molecule has 102 valence electrons. The number of halogens is 2. The first-order chi connectivity index (χ1) is 9.00. The van der Waals surface area contributed by atoms with Crippen LogP contribution < -0.4 is 5.32 Å². The minimum atomic E-state index is -0.989. The molecule has 0 bridgehead atoms. The molecule has 0 aromatic heterocycles. The predicted molar refractivity (Wildman–Crippen MR) is 68.5 cm³/mol. The van der Waals surface area contributed by atoms with Crippen molar-refractivity contribution in [3.8, 4) is 0 Å². The number of anilines is 1. The number of carbonyl (C=O) groups excluding carboxylic acids is 1. The fourth-order valence-corrected chi connectivity index (χ4v) is 2.61. The molecule has 0 heterocycles. The van der Waals surface area contributed by atoms with E-state index in [1.165, 1.54) is 18.2 Å². The monoisotopic (exact) mass is 285 g/mol. The zero-order valence-corrected chi connectivity index (χ0v) is 10.8. The van der Waals surface area contributed by atoms with Gasteiger partial charge in [-0.05, 0) is 25.0 Å². The molecule has 1 aromatic carbocycles. The smallest absolute Gasteiger partial charge is 0.307 e. The molecule has 6 heteroatoms. The second-order valence-electron chi connectivity index (χ2n) is 4.57. The molecule has 0 aliphatic heterocycles. The van der Waals surface area contributed by atoms with Gasteiger partial charge in [-0.1, -0.05) is 24.1 Å². The Balaban J connectivity index is 2.15. The molecule has 1 aliphatic carbocycles. The predicted octanol–water partition coefficient (Wildman–Crippen LogP) is 2.92. The lowest BCUT2D eigenvalue weighted by Crippen LogP contribution is -2.30. The van der Waals surface area contributed by atoms with Crippen molar-refractivity contribution in [2.75, 3.05) is 5.32 Å². The molecule has 2 rings (SSSR count). The van der Waals surface area contributed by atoms with Gasteiger partial charge in [0.05, 0.1) is 22.5 Å². The largest absolute Gasteiger partial charge is 0.481 e. The van der Waals surface area contributed by atoms with Crippen LogP contribution in [0.2, 0.25) is 5.02 Å². The van der Waals surface area contributed by atoms with Crippen molar-refractivity contribution in [2.24, 2.45) is 11.8 Å². The van der Waals surface area contributed by atoms with Gasteiger partial charge in [0.15, 0.2) is 0 Å². The van der Waals surface area contributed by atoms with Gasteiger partial charge >= 0.3 is 5.97 Å². The molecule has 1 saturated carbocycles. The standard InChI is InChI=1S/C13H13ClFNO3/c14-9-5-2-6-10(15)11(9)16-12(17)7-3-1-4-8(7)13(18)19/h2,5-8H,1,3-4H2,(H,16,17)(H,18,19). The molecule has 1 aliphatic rings.